The fraction of sp³-hybridized carbons (Fsp3) is 0.130. The summed E-state index contributed by atoms with van der Waals surface area (Å²) in [5.41, 5.74) is 4.62. The van der Waals surface area contributed by atoms with Gasteiger partial charge in [-0.2, -0.15) is 0 Å². The molecule has 4 aromatic rings. The van der Waals surface area contributed by atoms with Crippen LogP contribution in [0.4, 0.5) is 5.69 Å². The number of aromatic nitrogens is 4. The van der Waals surface area contributed by atoms with Gasteiger partial charge in [0.1, 0.15) is 0 Å². The zero-order valence-corrected chi connectivity index (χ0v) is 19.7. The number of amides is 1. The summed E-state index contributed by atoms with van der Waals surface area (Å²) < 4.78 is 1.95. The Balaban J connectivity index is 1.62. The molecule has 162 valence electrons. The van der Waals surface area contributed by atoms with Crippen LogP contribution in [0.3, 0.4) is 0 Å². The molecule has 0 bridgehead atoms. The molecule has 2 aromatic heterocycles. The predicted molar refractivity (Wildman–Crippen MR) is 130 cm³/mol. The quantitative estimate of drug-likeness (QED) is 0.341. The van der Waals surface area contributed by atoms with E-state index in [1.807, 2.05) is 22.8 Å². The normalized spacial score (nSPS) is 10.9. The average Bonchev–Trinajstić information content (AvgIpc) is 3.22. The lowest BCUT2D eigenvalue weighted by molar-refractivity contribution is -0.113. The summed E-state index contributed by atoms with van der Waals surface area (Å²) in [6.45, 7) is 4.13. The Labute approximate surface area is 200 Å². The Morgan fingerprint density at radius 3 is 2.56 bits per heavy atom. The lowest BCUT2D eigenvalue weighted by atomic mass is 10.1. The van der Waals surface area contributed by atoms with Crippen LogP contribution in [0.2, 0.25) is 10.0 Å². The Hall–Kier alpha value is -2.87. The van der Waals surface area contributed by atoms with Gasteiger partial charge in [-0.3, -0.25) is 14.3 Å². The molecular weight excluding hydrogens is 465 g/mol. The fourth-order valence-electron chi connectivity index (χ4n) is 3.07. The molecule has 0 aliphatic carbocycles. The van der Waals surface area contributed by atoms with Gasteiger partial charge >= 0.3 is 0 Å². The smallest absolute Gasteiger partial charge is 0.234 e. The van der Waals surface area contributed by atoms with Crippen molar-refractivity contribution in [3.05, 3.63) is 82.1 Å². The fourth-order valence-corrected chi connectivity index (χ4v) is 4.17. The number of nitrogens with one attached hydrogen (secondary N) is 1. The summed E-state index contributed by atoms with van der Waals surface area (Å²) in [4.78, 5) is 16.7. The van der Waals surface area contributed by atoms with Crippen molar-refractivity contribution in [3.8, 4) is 17.1 Å². The van der Waals surface area contributed by atoms with Crippen LogP contribution in [0, 0.1) is 13.8 Å². The number of hydrogen-bond acceptors (Lipinski definition) is 5. The molecule has 0 aliphatic rings. The number of hydrogen-bond donors (Lipinski definition) is 1. The van der Waals surface area contributed by atoms with Gasteiger partial charge in [0, 0.05) is 18.0 Å². The molecule has 1 amide bonds. The molecule has 9 heteroatoms. The number of halogens is 2. The van der Waals surface area contributed by atoms with Crippen LogP contribution in [-0.4, -0.2) is 31.4 Å². The van der Waals surface area contributed by atoms with E-state index in [2.05, 4.69) is 46.5 Å². The SMILES string of the molecule is Cc1ccc(-n2c(SCC(=O)Nc3cccc(Cl)c3Cl)nnc2-c2ccncc2)cc1C. The number of pyridine rings is 1. The van der Waals surface area contributed by atoms with E-state index in [1.165, 1.54) is 17.3 Å². The van der Waals surface area contributed by atoms with Crippen molar-refractivity contribution in [2.75, 3.05) is 11.1 Å². The summed E-state index contributed by atoms with van der Waals surface area (Å²) in [6, 6.07) is 15.0. The first-order valence-electron chi connectivity index (χ1n) is 9.74. The van der Waals surface area contributed by atoms with Gasteiger partial charge in [-0.25, -0.2) is 0 Å². The van der Waals surface area contributed by atoms with Gasteiger partial charge in [-0.1, -0.05) is 47.1 Å². The molecule has 0 atom stereocenters. The number of anilines is 1. The second kappa shape index (κ2) is 9.73. The maximum absolute atomic E-state index is 12.6. The minimum atomic E-state index is -0.223. The van der Waals surface area contributed by atoms with Crippen LogP contribution >= 0.6 is 35.0 Å². The highest BCUT2D eigenvalue weighted by atomic mass is 35.5. The summed E-state index contributed by atoms with van der Waals surface area (Å²) in [5.74, 6) is 0.582. The second-order valence-corrected chi connectivity index (χ2v) is 8.81. The highest BCUT2D eigenvalue weighted by molar-refractivity contribution is 7.99. The van der Waals surface area contributed by atoms with Crippen molar-refractivity contribution in [1.29, 1.82) is 0 Å². The zero-order valence-electron chi connectivity index (χ0n) is 17.3. The first-order valence-corrected chi connectivity index (χ1v) is 11.5. The van der Waals surface area contributed by atoms with Crippen LogP contribution < -0.4 is 5.32 Å². The number of thioether (sulfide) groups is 1. The molecule has 0 spiro atoms. The second-order valence-electron chi connectivity index (χ2n) is 7.08. The van der Waals surface area contributed by atoms with Crippen molar-refractivity contribution in [2.45, 2.75) is 19.0 Å². The molecule has 0 aliphatic heterocycles. The molecule has 0 saturated heterocycles. The molecule has 0 unspecified atom stereocenters. The van der Waals surface area contributed by atoms with Crippen molar-refractivity contribution in [2.24, 2.45) is 0 Å². The van der Waals surface area contributed by atoms with Crippen molar-refractivity contribution in [1.82, 2.24) is 19.7 Å². The topological polar surface area (TPSA) is 72.7 Å². The van der Waals surface area contributed by atoms with E-state index in [1.54, 1.807) is 30.6 Å². The van der Waals surface area contributed by atoms with Gasteiger partial charge < -0.3 is 5.32 Å². The number of carbonyl (C=O) groups is 1. The van der Waals surface area contributed by atoms with Gasteiger partial charge in [-0.15, -0.1) is 10.2 Å². The third-order valence-electron chi connectivity index (χ3n) is 4.88. The number of nitrogens with zero attached hydrogens (tertiary/aromatic N) is 4. The average molecular weight is 484 g/mol. The van der Waals surface area contributed by atoms with E-state index in [0.717, 1.165) is 16.8 Å². The maximum atomic E-state index is 12.6. The highest BCUT2D eigenvalue weighted by Gasteiger charge is 2.18. The molecule has 2 aromatic carbocycles. The molecule has 6 nitrogen and oxygen atoms in total. The van der Waals surface area contributed by atoms with Crippen LogP contribution in [0.1, 0.15) is 11.1 Å². The van der Waals surface area contributed by atoms with Gasteiger partial charge in [0.15, 0.2) is 11.0 Å². The number of benzene rings is 2. The van der Waals surface area contributed by atoms with Crippen molar-refractivity contribution < 1.29 is 4.79 Å². The highest BCUT2D eigenvalue weighted by Crippen LogP contribution is 2.31. The Morgan fingerprint density at radius 1 is 1.03 bits per heavy atom. The van der Waals surface area contributed by atoms with Gasteiger partial charge in [-0.05, 0) is 61.4 Å². The lowest BCUT2D eigenvalue weighted by Gasteiger charge is -2.12. The van der Waals surface area contributed by atoms with Gasteiger partial charge in [0.25, 0.3) is 0 Å². The van der Waals surface area contributed by atoms with E-state index >= 15 is 0 Å². The van der Waals surface area contributed by atoms with Crippen molar-refractivity contribution >= 4 is 46.6 Å². The third kappa shape index (κ3) is 4.80. The standard InChI is InChI=1S/C23H19Cl2N5OS/c1-14-6-7-17(12-15(14)2)30-22(16-8-10-26-11-9-16)28-29-23(30)32-13-20(31)27-19-5-3-4-18(24)21(19)25/h3-12H,13H2,1-2H3,(H,27,31). The lowest BCUT2D eigenvalue weighted by Crippen LogP contribution is -2.15. The molecular formula is C23H19Cl2N5OS. The Kier molecular flexibility index (Phi) is 6.79. The van der Waals surface area contributed by atoms with E-state index in [9.17, 15) is 4.79 Å². The predicted octanol–water partition coefficient (Wildman–Crippen LogP) is 5.98. The van der Waals surface area contributed by atoms with Crippen LogP contribution in [0.25, 0.3) is 17.1 Å². The van der Waals surface area contributed by atoms with E-state index < -0.39 is 0 Å². The van der Waals surface area contributed by atoms with Gasteiger partial charge in [0.2, 0.25) is 5.91 Å². The summed E-state index contributed by atoms with van der Waals surface area (Å²) in [6.07, 6.45) is 3.42. The maximum Gasteiger partial charge on any atom is 0.234 e. The molecule has 0 radical (unpaired) electrons. The minimum absolute atomic E-state index is 0.127. The molecule has 1 N–H and O–H groups in total. The van der Waals surface area contributed by atoms with E-state index in [-0.39, 0.29) is 11.7 Å². The monoisotopic (exact) mass is 483 g/mol. The Bertz CT molecular complexity index is 1280. The first-order chi connectivity index (χ1) is 15.4. The molecule has 2 heterocycles. The number of carbonyl (C=O) groups excluding carboxylic acids is 1. The first kappa shape index (κ1) is 22.3. The zero-order chi connectivity index (χ0) is 22.7. The summed E-state index contributed by atoms with van der Waals surface area (Å²) in [7, 11) is 0. The Morgan fingerprint density at radius 2 is 1.81 bits per heavy atom. The molecule has 4 rings (SSSR count). The van der Waals surface area contributed by atoms with Crippen LogP contribution in [0.15, 0.2) is 66.1 Å². The third-order valence-corrected chi connectivity index (χ3v) is 6.63. The minimum Gasteiger partial charge on any atom is -0.324 e. The molecule has 0 fully saturated rings. The molecule has 0 saturated carbocycles. The van der Waals surface area contributed by atoms with Crippen LogP contribution in [-0.2, 0) is 4.79 Å². The van der Waals surface area contributed by atoms with Crippen LogP contribution in [0.5, 0.6) is 0 Å². The summed E-state index contributed by atoms with van der Waals surface area (Å²) in [5, 5.41) is 12.8. The largest absolute Gasteiger partial charge is 0.324 e. The number of rotatable bonds is 6. The van der Waals surface area contributed by atoms with E-state index in [4.69, 9.17) is 23.2 Å². The summed E-state index contributed by atoms with van der Waals surface area (Å²) >= 11 is 13.5. The van der Waals surface area contributed by atoms with Crippen molar-refractivity contribution in [3.63, 3.8) is 0 Å². The number of aryl methyl sites for hydroxylation is 2. The van der Waals surface area contributed by atoms with E-state index in [0.29, 0.717) is 26.7 Å². The molecule has 32 heavy (non-hydrogen) atoms. The van der Waals surface area contributed by atoms with Gasteiger partial charge in [0.05, 0.1) is 27.2 Å².